The summed E-state index contributed by atoms with van der Waals surface area (Å²) in [5.41, 5.74) is 1.62. The summed E-state index contributed by atoms with van der Waals surface area (Å²) in [7, 11) is 0. The van der Waals surface area contributed by atoms with E-state index < -0.39 is 0 Å². The Balaban J connectivity index is 2.66. The van der Waals surface area contributed by atoms with Gasteiger partial charge in [0.1, 0.15) is 0 Å². The van der Waals surface area contributed by atoms with Crippen molar-refractivity contribution in [1.82, 2.24) is 0 Å². The first kappa shape index (κ1) is 15.0. The molecule has 7 heteroatoms. The second-order valence-corrected chi connectivity index (χ2v) is 8.62. The van der Waals surface area contributed by atoms with Gasteiger partial charge in [0.25, 0.3) is 0 Å². The lowest BCUT2D eigenvalue weighted by Crippen LogP contribution is -1.79. The molecule has 0 amide bonds. The van der Waals surface area contributed by atoms with Crippen LogP contribution in [0.25, 0.3) is 21.9 Å². The number of hydrogen-bond donors (Lipinski definition) is 0. The molecule has 3 aromatic rings. The van der Waals surface area contributed by atoms with Gasteiger partial charge in [0.2, 0.25) is 0 Å². The van der Waals surface area contributed by atoms with E-state index in [1.807, 2.05) is 12.1 Å². The van der Waals surface area contributed by atoms with Crippen LogP contribution in [-0.2, 0) is 0 Å². The number of halogens is 6. The van der Waals surface area contributed by atoms with Gasteiger partial charge in [-0.3, -0.25) is 0 Å². The summed E-state index contributed by atoms with van der Waals surface area (Å²) in [5.74, 6) is 0. The molecule has 0 N–H and O–H groups in total. The van der Waals surface area contributed by atoms with Crippen molar-refractivity contribution < 1.29 is 4.42 Å². The summed E-state index contributed by atoms with van der Waals surface area (Å²) >= 11 is 21.3. The van der Waals surface area contributed by atoms with E-state index in [1.54, 1.807) is 0 Å². The highest BCUT2D eigenvalue weighted by molar-refractivity contribution is 9.15. The number of hydrogen-bond acceptors (Lipinski definition) is 1. The minimum absolute atomic E-state index is 0.802. The van der Waals surface area contributed by atoms with Gasteiger partial charge >= 0.3 is 0 Å². The quantitative estimate of drug-likeness (QED) is 0.178. The van der Waals surface area contributed by atoms with Crippen molar-refractivity contribution in [2.45, 2.75) is 0 Å². The van der Waals surface area contributed by atoms with Crippen LogP contribution in [0.15, 0.2) is 43.4 Å². The van der Waals surface area contributed by atoms with E-state index in [-0.39, 0.29) is 0 Å². The van der Waals surface area contributed by atoms with E-state index >= 15 is 0 Å². The van der Waals surface area contributed by atoms with Crippen LogP contribution in [0, 0.1) is 0 Å². The highest BCUT2D eigenvalue weighted by atomic mass is 79.9. The Morgan fingerprint density at radius 3 is 1.95 bits per heavy atom. The second-order valence-electron chi connectivity index (χ2n) is 3.80. The first-order chi connectivity index (χ1) is 8.93. The van der Waals surface area contributed by atoms with E-state index in [4.69, 9.17) is 4.42 Å². The van der Waals surface area contributed by atoms with Crippen LogP contribution in [-0.4, -0.2) is 0 Å². The van der Waals surface area contributed by atoms with Crippen molar-refractivity contribution >= 4 is 118 Å². The third kappa shape index (κ3) is 2.23. The summed E-state index contributed by atoms with van der Waals surface area (Å²) in [5, 5.41) is 2.08. The van der Waals surface area contributed by atoms with Crippen LogP contribution in [0.5, 0.6) is 0 Å². The van der Waals surface area contributed by atoms with Crippen LogP contribution in [0.4, 0.5) is 0 Å². The van der Waals surface area contributed by atoms with Crippen LogP contribution in [0.2, 0.25) is 0 Å². The molecule has 0 aliphatic carbocycles. The lowest BCUT2D eigenvalue weighted by Gasteiger charge is -2.04. The summed E-state index contributed by atoms with van der Waals surface area (Å²) < 4.78 is 11.6. The molecule has 0 fully saturated rings. The van der Waals surface area contributed by atoms with Gasteiger partial charge in [-0.05, 0) is 108 Å². The maximum absolute atomic E-state index is 6.01. The first-order valence-electron chi connectivity index (χ1n) is 4.95. The van der Waals surface area contributed by atoms with Gasteiger partial charge in [-0.15, -0.1) is 0 Å². The fraction of sp³-hybridized carbons (Fsp3) is 0. The molecule has 19 heavy (non-hydrogen) atoms. The zero-order valence-corrected chi connectivity index (χ0v) is 18.3. The second kappa shape index (κ2) is 5.39. The molecule has 0 saturated heterocycles. The predicted octanol–water partition coefficient (Wildman–Crippen LogP) is 8.16. The fourth-order valence-corrected chi connectivity index (χ4v) is 4.99. The van der Waals surface area contributed by atoms with E-state index in [9.17, 15) is 0 Å². The van der Waals surface area contributed by atoms with Crippen molar-refractivity contribution in [2.24, 2.45) is 0 Å². The molecular formula is C12H2Br6O. The van der Waals surface area contributed by atoms with Crippen molar-refractivity contribution in [1.29, 1.82) is 0 Å². The number of furan rings is 1. The van der Waals surface area contributed by atoms with Gasteiger partial charge in [0, 0.05) is 24.2 Å². The molecule has 98 valence electrons. The predicted molar refractivity (Wildman–Crippen MR) is 99.9 cm³/mol. The number of benzene rings is 2. The maximum atomic E-state index is 6.01. The van der Waals surface area contributed by atoms with Gasteiger partial charge in [-0.25, -0.2) is 0 Å². The Kier molecular flexibility index (Phi) is 4.27. The maximum Gasteiger partial charge on any atom is 0.152 e. The monoisotopic (exact) mass is 636 g/mol. The van der Waals surface area contributed by atoms with Crippen LogP contribution >= 0.6 is 95.6 Å². The highest BCUT2D eigenvalue weighted by Crippen LogP contribution is 2.48. The van der Waals surface area contributed by atoms with E-state index in [1.165, 1.54) is 0 Å². The Hall–Kier alpha value is 1.12. The van der Waals surface area contributed by atoms with Crippen molar-refractivity contribution in [2.75, 3.05) is 0 Å². The van der Waals surface area contributed by atoms with Crippen molar-refractivity contribution in [3.05, 3.63) is 39.0 Å². The molecule has 0 saturated carbocycles. The third-order valence-corrected chi connectivity index (χ3v) is 9.46. The molecule has 0 spiro atoms. The topological polar surface area (TPSA) is 13.1 Å². The first-order valence-corrected chi connectivity index (χ1v) is 9.71. The fourth-order valence-electron chi connectivity index (χ4n) is 1.88. The standard InChI is InChI=1S/C12H2Br6O/c13-4-2-1-3-5-7(15)8(16)9(17)10(18)12(5)19-11(3)6(4)14/h1-2H. The normalized spacial score (nSPS) is 11.7. The zero-order chi connectivity index (χ0) is 13.9. The molecule has 0 unspecified atom stereocenters. The molecule has 0 atom stereocenters. The molecule has 3 rings (SSSR count). The molecule has 1 heterocycles. The molecule has 0 aliphatic rings. The van der Waals surface area contributed by atoms with E-state index in [2.05, 4.69) is 95.6 Å². The Morgan fingerprint density at radius 2 is 1.26 bits per heavy atom. The SMILES string of the molecule is Brc1ccc2c(oc3c(Br)c(Br)c(Br)c(Br)c32)c1Br. The van der Waals surface area contributed by atoms with Crippen molar-refractivity contribution in [3.8, 4) is 0 Å². The molecular weight excluding hydrogens is 640 g/mol. The Bertz CT molecular complexity index is 836. The summed E-state index contributed by atoms with van der Waals surface area (Å²) in [6.45, 7) is 0. The summed E-state index contributed by atoms with van der Waals surface area (Å²) in [6, 6.07) is 4.03. The molecule has 0 aliphatic heterocycles. The zero-order valence-electron chi connectivity index (χ0n) is 8.83. The van der Waals surface area contributed by atoms with Gasteiger partial charge in [-0.1, -0.05) is 0 Å². The van der Waals surface area contributed by atoms with Crippen molar-refractivity contribution in [3.63, 3.8) is 0 Å². The largest absolute Gasteiger partial charge is 0.454 e. The third-order valence-electron chi connectivity index (χ3n) is 2.75. The van der Waals surface area contributed by atoms with Gasteiger partial charge < -0.3 is 4.42 Å². The number of fused-ring (bicyclic) bond motifs is 3. The minimum atomic E-state index is 0.802. The van der Waals surface area contributed by atoms with Gasteiger partial charge in [-0.2, -0.15) is 0 Å². The summed E-state index contributed by atoms with van der Waals surface area (Å²) in [6.07, 6.45) is 0. The summed E-state index contributed by atoms with van der Waals surface area (Å²) in [4.78, 5) is 0. The molecule has 0 radical (unpaired) electrons. The lowest BCUT2D eigenvalue weighted by molar-refractivity contribution is 0.663. The molecule has 0 bridgehead atoms. The Labute approximate surface area is 159 Å². The van der Waals surface area contributed by atoms with Crippen LogP contribution in [0.3, 0.4) is 0 Å². The van der Waals surface area contributed by atoms with Gasteiger partial charge in [0.15, 0.2) is 11.2 Å². The van der Waals surface area contributed by atoms with Crippen LogP contribution in [0.1, 0.15) is 0 Å². The average Bonchev–Trinajstić information content (AvgIpc) is 2.78. The van der Waals surface area contributed by atoms with Gasteiger partial charge in [0.05, 0.1) is 13.4 Å². The lowest BCUT2D eigenvalue weighted by atomic mass is 10.1. The Morgan fingerprint density at radius 1 is 0.632 bits per heavy atom. The highest BCUT2D eigenvalue weighted by Gasteiger charge is 2.21. The van der Waals surface area contributed by atoms with Crippen LogP contribution < -0.4 is 0 Å². The molecule has 2 aromatic carbocycles. The minimum Gasteiger partial charge on any atom is -0.454 e. The molecule has 1 aromatic heterocycles. The van der Waals surface area contributed by atoms with E-state index in [0.717, 1.165) is 48.8 Å². The number of rotatable bonds is 0. The molecule has 1 nitrogen and oxygen atoms in total. The van der Waals surface area contributed by atoms with E-state index in [0.29, 0.717) is 0 Å². The smallest absolute Gasteiger partial charge is 0.152 e. The average molecular weight is 642 g/mol.